The number of benzene rings is 4. The van der Waals surface area contributed by atoms with Gasteiger partial charge in [0.05, 0.1) is 77.5 Å². The van der Waals surface area contributed by atoms with Crippen LogP contribution in [0.4, 0.5) is 0 Å². The summed E-state index contributed by atoms with van der Waals surface area (Å²) in [4.78, 5) is 9.51. The molecule has 8 aromatic rings. The van der Waals surface area contributed by atoms with E-state index in [1.807, 2.05) is 24.5 Å². The lowest BCUT2D eigenvalue weighted by atomic mass is 10.1. The molecule has 0 bridgehead atoms. The highest BCUT2D eigenvalue weighted by Gasteiger charge is 2.12. The van der Waals surface area contributed by atoms with Gasteiger partial charge in [-0.2, -0.15) is 0 Å². The fraction of sp³-hybridized carbons (Fsp3) is 0.269. The van der Waals surface area contributed by atoms with Crippen LogP contribution in [0, 0.1) is 0 Å². The van der Waals surface area contributed by atoms with Crippen LogP contribution in [-0.2, 0) is 41.5 Å². The fourth-order valence-electron chi connectivity index (χ4n) is 7.77. The predicted molar refractivity (Wildman–Crippen MR) is 251 cm³/mol. The van der Waals surface area contributed by atoms with Gasteiger partial charge in [-0.3, -0.25) is 9.97 Å². The predicted octanol–water partition coefficient (Wildman–Crippen LogP) is 10.1. The average Bonchev–Trinajstić information content (AvgIpc) is 3.80. The first-order valence-electron chi connectivity index (χ1n) is 21.3. The first kappa shape index (κ1) is 42.7. The van der Waals surface area contributed by atoms with E-state index >= 15 is 0 Å². The molecule has 0 unspecified atom stereocenters. The Balaban J connectivity index is 0.877. The quantitative estimate of drug-likeness (QED) is 0.0589. The van der Waals surface area contributed by atoms with E-state index in [2.05, 4.69) is 131 Å². The number of pyridine rings is 2. The van der Waals surface area contributed by atoms with Crippen LogP contribution in [0.3, 0.4) is 0 Å². The molecule has 0 spiro atoms. The van der Waals surface area contributed by atoms with Crippen LogP contribution in [0.1, 0.15) is 22.3 Å². The number of para-hydroxylation sites is 2. The van der Waals surface area contributed by atoms with Gasteiger partial charge in [0.15, 0.2) is 0 Å². The summed E-state index contributed by atoms with van der Waals surface area (Å²) in [5.41, 5.74) is 10.8. The van der Waals surface area contributed by atoms with Crippen molar-refractivity contribution >= 4 is 67.9 Å². The zero-order chi connectivity index (χ0) is 42.4. The summed E-state index contributed by atoms with van der Waals surface area (Å²) >= 11 is 0. The van der Waals surface area contributed by atoms with Crippen molar-refractivity contribution in [1.82, 2.24) is 19.1 Å². The molecule has 10 nitrogen and oxygen atoms in total. The lowest BCUT2D eigenvalue weighted by Crippen LogP contribution is -2.11. The number of ether oxygens (including phenoxy) is 6. The molecular weight excluding hydrogens is 777 g/mol. The van der Waals surface area contributed by atoms with E-state index in [1.165, 1.54) is 43.6 Å². The molecular formula is C52H54N4O6. The molecule has 4 aromatic heterocycles. The van der Waals surface area contributed by atoms with Crippen LogP contribution < -0.4 is 0 Å². The van der Waals surface area contributed by atoms with Gasteiger partial charge in [-0.15, -0.1) is 0 Å². The second-order valence-corrected chi connectivity index (χ2v) is 14.9. The van der Waals surface area contributed by atoms with E-state index in [1.54, 1.807) is 14.2 Å². The molecule has 0 aliphatic rings. The maximum Gasteiger partial charge on any atom is 0.0886 e. The maximum absolute atomic E-state index is 5.89. The van der Waals surface area contributed by atoms with Crippen molar-refractivity contribution in [3.05, 3.63) is 144 Å². The molecule has 0 fully saturated rings. The number of hydrogen-bond donors (Lipinski definition) is 0. The summed E-state index contributed by atoms with van der Waals surface area (Å²) in [7, 11) is 3.35. The van der Waals surface area contributed by atoms with Gasteiger partial charge in [0, 0.05) is 83.3 Å². The van der Waals surface area contributed by atoms with Crippen molar-refractivity contribution in [2.45, 2.75) is 13.1 Å². The molecule has 0 aliphatic heterocycles. The van der Waals surface area contributed by atoms with Crippen molar-refractivity contribution in [3.63, 3.8) is 0 Å². The minimum Gasteiger partial charge on any atom is -0.382 e. The third kappa shape index (κ3) is 10.5. The lowest BCUT2D eigenvalue weighted by molar-refractivity contribution is 0.0234. The summed E-state index contributed by atoms with van der Waals surface area (Å²) in [6, 6.07) is 38.6. The molecule has 0 saturated heterocycles. The van der Waals surface area contributed by atoms with Gasteiger partial charge in [-0.1, -0.05) is 85.0 Å². The topological polar surface area (TPSA) is 91.0 Å². The standard InChI is InChI=1S/C52H54N4O6/c1-57-27-29-61-33-31-59-25-23-55-49-9-5-3-7-43(49)45-35-39(17-21-51(45)55)11-13-41-15-19-47(53-37-41)48-20-16-42(38-54-48)14-12-40-18-22-52-46(36-40)44-8-4-6-10-50(44)56(52)24-26-60-32-34-62-30-28-58-2/h3-22,35-38H,23-34H2,1-2H3. The molecule has 4 aromatic carbocycles. The number of fused-ring (bicyclic) bond motifs is 6. The highest BCUT2D eigenvalue weighted by Crippen LogP contribution is 2.32. The van der Waals surface area contributed by atoms with E-state index in [9.17, 15) is 0 Å². The first-order valence-corrected chi connectivity index (χ1v) is 21.3. The summed E-state index contributed by atoms with van der Waals surface area (Å²) in [6.07, 6.45) is 12.3. The van der Waals surface area contributed by atoms with Gasteiger partial charge in [0.25, 0.3) is 0 Å². The number of rotatable bonds is 23. The van der Waals surface area contributed by atoms with Crippen LogP contribution in [0.25, 0.3) is 79.3 Å². The molecule has 0 saturated carbocycles. The fourth-order valence-corrected chi connectivity index (χ4v) is 7.77. The minimum absolute atomic E-state index is 0.561. The first-order chi connectivity index (χ1) is 30.7. The van der Waals surface area contributed by atoms with Gasteiger partial charge in [0.2, 0.25) is 0 Å². The van der Waals surface area contributed by atoms with Crippen LogP contribution in [0.2, 0.25) is 0 Å². The van der Waals surface area contributed by atoms with E-state index in [0.717, 1.165) is 46.7 Å². The molecule has 318 valence electrons. The highest BCUT2D eigenvalue weighted by atomic mass is 16.5. The summed E-state index contributed by atoms with van der Waals surface area (Å²) in [5.74, 6) is 0. The Morgan fingerprint density at radius 1 is 0.387 bits per heavy atom. The normalized spacial score (nSPS) is 12.1. The average molecular weight is 831 g/mol. The minimum atomic E-state index is 0.561. The summed E-state index contributed by atoms with van der Waals surface area (Å²) in [6.45, 7) is 7.35. The molecule has 0 aliphatic carbocycles. The maximum atomic E-state index is 5.89. The van der Waals surface area contributed by atoms with Crippen LogP contribution in [0.5, 0.6) is 0 Å². The Hall–Kier alpha value is -5.98. The highest BCUT2D eigenvalue weighted by molar-refractivity contribution is 6.09. The smallest absolute Gasteiger partial charge is 0.0886 e. The van der Waals surface area contributed by atoms with E-state index in [-0.39, 0.29) is 0 Å². The molecule has 8 rings (SSSR count). The molecule has 62 heavy (non-hydrogen) atoms. The Morgan fingerprint density at radius 3 is 1.18 bits per heavy atom. The summed E-state index contributed by atoms with van der Waals surface area (Å²) in [5, 5.41) is 4.92. The van der Waals surface area contributed by atoms with Crippen LogP contribution >= 0.6 is 0 Å². The monoisotopic (exact) mass is 830 g/mol. The van der Waals surface area contributed by atoms with Crippen LogP contribution in [0.15, 0.2) is 122 Å². The van der Waals surface area contributed by atoms with Crippen molar-refractivity contribution < 1.29 is 28.4 Å². The van der Waals surface area contributed by atoms with Gasteiger partial charge in [-0.05, 0) is 70.8 Å². The number of methoxy groups -OCH3 is 2. The molecule has 4 heterocycles. The summed E-state index contributed by atoms with van der Waals surface area (Å²) < 4.78 is 37.6. The SMILES string of the molecule is COCCOCCOCCn1c2ccccc2c2cc(C=Cc3ccc(-c4ccc(C=Cc5ccc6c(c5)c5ccccc5n6CCOCCOCCOC)cn4)nc3)ccc21. The van der Waals surface area contributed by atoms with Gasteiger partial charge in [0.1, 0.15) is 0 Å². The number of nitrogens with zero attached hydrogens (tertiary/aromatic N) is 4. The lowest BCUT2D eigenvalue weighted by Gasteiger charge is -2.09. The zero-order valence-corrected chi connectivity index (χ0v) is 35.6. The van der Waals surface area contributed by atoms with E-state index in [0.29, 0.717) is 66.1 Å². The van der Waals surface area contributed by atoms with Crippen molar-refractivity contribution in [3.8, 4) is 11.4 Å². The van der Waals surface area contributed by atoms with E-state index < -0.39 is 0 Å². The molecule has 0 N–H and O–H groups in total. The zero-order valence-electron chi connectivity index (χ0n) is 35.6. The molecule has 0 atom stereocenters. The number of aromatic nitrogens is 4. The number of hydrogen-bond acceptors (Lipinski definition) is 8. The Labute approximate surface area is 362 Å². The van der Waals surface area contributed by atoms with Crippen molar-refractivity contribution in [2.24, 2.45) is 0 Å². The largest absolute Gasteiger partial charge is 0.382 e. The third-order valence-corrected chi connectivity index (χ3v) is 10.9. The second kappa shape index (κ2) is 21.7. The van der Waals surface area contributed by atoms with Crippen molar-refractivity contribution in [2.75, 3.05) is 80.3 Å². The van der Waals surface area contributed by atoms with E-state index in [4.69, 9.17) is 38.4 Å². The molecule has 0 amide bonds. The Morgan fingerprint density at radius 2 is 0.758 bits per heavy atom. The van der Waals surface area contributed by atoms with Gasteiger partial charge < -0.3 is 37.6 Å². The van der Waals surface area contributed by atoms with Gasteiger partial charge >= 0.3 is 0 Å². The third-order valence-electron chi connectivity index (χ3n) is 10.9. The molecule has 10 heteroatoms. The molecule has 0 radical (unpaired) electrons. The van der Waals surface area contributed by atoms with Crippen LogP contribution in [-0.4, -0.2) is 99.4 Å². The Bertz CT molecular complexity index is 2550. The van der Waals surface area contributed by atoms with Gasteiger partial charge in [-0.25, -0.2) is 0 Å². The Kier molecular flexibility index (Phi) is 14.9. The van der Waals surface area contributed by atoms with Crippen molar-refractivity contribution in [1.29, 1.82) is 0 Å². The second-order valence-electron chi connectivity index (χ2n) is 14.9.